The van der Waals surface area contributed by atoms with Crippen LogP contribution in [0.2, 0.25) is 0 Å². The predicted octanol–water partition coefficient (Wildman–Crippen LogP) is -1.12. The molecule has 0 bridgehead atoms. The second kappa shape index (κ2) is 7.18. The molecule has 1 heterocycles. The summed E-state index contributed by atoms with van der Waals surface area (Å²) in [6, 6.07) is 0. The van der Waals surface area contributed by atoms with E-state index < -0.39 is 10.0 Å². The van der Waals surface area contributed by atoms with Crippen LogP contribution >= 0.6 is 0 Å². The summed E-state index contributed by atoms with van der Waals surface area (Å²) in [7, 11) is -1.69. The molecule has 0 atom stereocenters. The van der Waals surface area contributed by atoms with Crippen molar-refractivity contribution in [3.05, 3.63) is 0 Å². The van der Waals surface area contributed by atoms with Crippen molar-refractivity contribution < 1.29 is 17.9 Å². The van der Waals surface area contributed by atoms with E-state index in [-0.39, 0.29) is 12.4 Å². The normalized spacial score (nSPS) is 18.8. The number of nitrogens with zero attached hydrogens (tertiary/aromatic N) is 1. The number of hydrogen-bond acceptors (Lipinski definition) is 5. The summed E-state index contributed by atoms with van der Waals surface area (Å²) >= 11 is 0. The fourth-order valence-electron chi connectivity index (χ4n) is 1.45. The van der Waals surface area contributed by atoms with Crippen LogP contribution in [0.3, 0.4) is 0 Å². The van der Waals surface area contributed by atoms with Crippen LogP contribution in [-0.4, -0.2) is 72.2 Å². The first-order chi connectivity index (χ1) is 7.64. The third-order valence-corrected chi connectivity index (χ3v) is 3.76. The van der Waals surface area contributed by atoms with Gasteiger partial charge in [-0.15, -0.1) is 0 Å². The van der Waals surface area contributed by atoms with Gasteiger partial charge in [0.25, 0.3) is 0 Å². The van der Waals surface area contributed by atoms with Crippen LogP contribution in [0.25, 0.3) is 0 Å². The van der Waals surface area contributed by atoms with Crippen LogP contribution < -0.4 is 4.72 Å². The van der Waals surface area contributed by atoms with Crippen LogP contribution in [0, 0.1) is 0 Å². The van der Waals surface area contributed by atoms with E-state index in [4.69, 9.17) is 9.47 Å². The Bertz CT molecular complexity index is 275. The SMILES string of the molecule is COCCS(=O)(=O)NCCN1CCOCC1. The molecule has 0 aromatic heterocycles. The number of morpholine rings is 1. The molecular formula is C9H20N2O4S. The molecule has 0 spiro atoms. The van der Waals surface area contributed by atoms with Crippen molar-refractivity contribution in [2.75, 3.05) is 58.9 Å². The van der Waals surface area contributed by atoms with Gasteiger partial charge in [0.05, 0.1) is 25.6 Å². The topological polar surface area (TPSA) is 67.9 Å². The first kappa shape index (κ1) is 13.9. The summed E-state index contributed by atoms with van der Waals surface area (Å²) in [5.74, 6) is 0.0204. The molecule has 0 unspecified atom stereocenters. The predicted molar refractivity (Wildman–Crippen MR) is 60.9 cm³/mol. The van der Waals surface area contributed by atoms with Gasteiger partial charge in [-0.25, -0.2) is 13.1 Å². The lowest BCUT2D eigenvalue weighted by Crippen LogP contribution is -2.41. The van der Waals surface area contributed by atoms with Gasteiger partial charge in [-0.3, -0.25) is 4.90 Å². The lowest BCUT2D eigenvalue weighted by Gasteiger charge is -2.26. The van der Waals surface area contributed by atoms with E-state index >= 15 is 0 Å². The lowest BCUT2D eigenvalue weighted by molar-refractivity contribution is 0.0390. The quantitative estimate of drug-likeness (QED) is 0.622. The Labute approximate surface area is 97.0 Å². The zero-order chi connectivity index (χ0) is 11.9. The number of methoxy groups -OCH3 is 1. The number of ether oxygens (including phenoxy) is 2. The van der Waals surface area contributed by atoms with E-state index in [1.807, 2.05) is 0 Å². The number of nitrogens with one attached hydrogen (secondary N) is 1. The Morgan fingerprint density at radius 1 is 1.38 bits per heavy atom. The Morgan fingerprint density at radius 2 is 2.06 bits per heavy atom. The van der Waals surface area contributed by atoms with E-state index in [1.165, 1.54) is 7.11 Å². The van der Waals surface area contributed by atoms with E-state index in [0.717, 1.165) is 32.8 Å². The highest BCUT2D eigenvalue weighted by Crippen LogP contribution is 1.95. The van der Waals surface area contributed by atoms with Crippen LogP contribution in [0.15, 0.2) is 0 Å². The summed E-state index contributed by atoms with van der Waals surface area (Å²) in [6.07, 6.45) is 0. The smallest absolute Gasteiger partial charge is 0.213 e. The Morgan fingerprint density at radius 3 is 2.69 bits per heavy atom. The second-order valence-corrected chi connectivity index (χ2v) is 5.59. The summed E-state index contributed by atoms with van der Waals surface area (Å²) in [5.41, 5.74) is 0. The molecule has 0 amide bonds. The molecule has 96 valence electrons. The molecule has 0 aromatic rings. The van der Waals surface area contributed by atoms with Crippen molar-refractivity contribution in [3.8, 4) is 0 Å². The van der Waals surface area contributed by atoms with E-state index in [0.29, 0.717) is 6.54 Å². The molecule has 1 rings (SSSR count). The monoisotopic (exact) mass is 252 g/mol. The summed E-state index contributed by atoms with van der Waals surface area (Å²) in [6.45, 7) is 4.63. The highest BCUT2D eigenvalue weighted by Gasteiger charge is 2.12. The van der Waals surface area contributed by atoms with Gasteiger partial charge >= 0.3 is 0 Å². The molecule has 0 radical (unpaired) electrons. The van der Waals surface area contributed by atoms with E-state index in [2.05, 4.69) is 9.62 Å². The zero-order valence-corrected chi connectivity index (χ0v) is 10.5. The maximum Gasteiger partial charge on any atom is 0.213 e. The number of rotatable bonds is 7. The maximum absolute atomic E-state index is 11.4. The minimum Gasteiger partial charge on any atom is -0.384 e. The second-order valence-electron chi connectivity index (χ2n) is 3.66. The fourth-order valence-corrected chi connectivity index (χ4v) is 2.38. The lowest BCUT2D eigenvalue weighted by atomic mass is 10.4. The molecule has 1 aliphatic heterocycles. The Balaban J connectivity index is 2.13. The third-order valence-electron chi connectivity index (χ3n) is 2.41. The average Bonchev–Trinajstić information content (AvgIpc) is 2.28. The first-order valence-electron chi connectivity index (χ1n) is 5.40. The van der Waals surface area contributed by atoms with Gasteiger partial charge in [-0.05, 0) is 0 Å². The van der Waals surface area contributed by atoms with Gasteiger partial charge in [-0.2, -0.15) is 0 Å². The Hall–Kier alpha value is -0.210. The van der Waals surface area contributed by atoms with Crippen molar-refractivity contribution in [2.24, 2.45) is 0 Å². The standard InChI is InChI=1S/C9H20N2O4S/c1-14-8-9-16(12,13)10-2-3-11-4-6-15-7-5-11/h10H,2-9H2,1H3. The molecule has 1 N–H and O–H groups in total. The van der Waals surface area contributed by atoms with Crippen molar-refractivity contribution in [3.63, 3.8) is 0 Å². The molecule has 1 saturated heterocycles. The van der Waals surface area contributed by atoms with Crippen molar-refractivity contribution >= 4 is 10.0 Å². The molecule has 16 heavy (non-hydrogen) atoms. The fraction of sp³-hybridized carbons (Fsp3) is 1.00. The highest BCUT2D eigenvalue weighted by molar-refractivity contribution is 7.89. The van der Waals surface area contributed by atoms with Crippen molar-refractivity contribution in [1.29, 1.82) is 0 Å². The summed E-state index contributed by atoms with van der Waals surface area (Å²) in [4.78, 5) is 2.18. The minimum absolute atomic E-state index is 0.0204. The van der Waals surface area contributed by atoms with Gasteiger partial charge in [0, 0.05) is 33.3 Å². The molecule has 0 aliphatic carbocycles. The molecule has 7 heteroatoms. The molecule has 6 nitrogen and oxygen atoms in total. The first-order valence-corrected chi connectivity index (χ1v) is 7.05. The Kier molecular flexibility index (Phi) is 6.22. The van der Waals surface area contributed by atoms with Crippen LogP contribution in [0.1, 0.15) is 0 Å². The molecular weight excluding hydrogens is 232 g/mol. The van der Waals surface area contributed by atoms with E-state index in [9.17, 15) is 8.42 Å². The van der Waals surface area contributed by atoms with Crippen molar-refractivity contribution in [2.45, 2.75) is 0 Å². The highest BCUT2D eigenvalue weighted by atomic mass is 32.2. The van der Waals surface area contributed by atoms with Gasteiger partial charge < -0.3 is 9.47 Å². The van der Waals surface area contributed by atoms with Gasteiger partial charge in [0.2, 0.25) is 10.0 Å². The van der Waals surface area contributed by atoms with Gasteiger partial charge in [0.15, 0.2) is 0 Å². The van der Waals surface area contributed by atoms with Crippen molar-refractivity contribution in [1.82, 2.24) is 9.62 Å². The van der Waals surface area contributed by atoms with Crippen LogP contribution in [-0.2, 0) is 19.5 Å². The summed E-state index contributed by atoms with van der Waals surface area (Å²) in [5, 5.41) is 0. The largest absolute Gasteiger partial charge is 0.384 e. The number of hydrogen-bond donors (Lipinski definition) is 1. The molecule has 0 aromatic carbocycles. The average molecular weight is 252 g/mol. The van der Waals surface area contributed by atoms with Gasteiger partial charge in [-0.1, -0.05) is 0 Å². The minimum atomic E-state index is -3.18. The van der Waals surface area contributed by atoms with Gasteiger partial charge in [0.1, 0.15) is 0 Å². The van der Waals surface area contributed by atoms with Crippen LogP contribution in [0.5, 0.6) is 0 Å². The van der Waals surface area contributed by atoms with E-state index in [1.54, 1.807) is 0 Å². The maximum atomic E-state index is 11.4. The zero-order valence-electron chi connectivity index (χ0n) is 9.65. The molecule has 1 fully saturated rings. The molecule has 1 aliphatic rings. The molecule has 0 saturated carbocycles. The third kappa shape index (κ3) is 5.76. The number of sulfonamides is 1. The summed E-state index contributed by atoms with van der Waals surface area (Å²) < 4.78 is 35.3. The van der Waals surface area contributed by atoms with Crippen LogP contribution in [0.4, 0.5) is 0 Å².